The fourth-order valence-electron chi connectivity index (χ4n) is 1.49. The van der Waals surface area contributed by atoms with Gasteiger partial charge >= 0.3 is 0 Å². The Morgan fingerprint density at radius 1 is 1.40 bits per heavy atom. The van der Waals surface area contributed by atoms with Crippen LogP contribution in [0.2, 0.25) is 0 Å². The number of amidine groups is 1. The van der Waals surface area contributed by atoms with Crippen molar-refractivity contribution < 1.29 is 12.8 Å². The molecule has 0 saturated carbocycles. The second kappa shape index (κ2) is 5.78. The molecule has 0 aromatic heterocycles. The first-order chi connectivity index (χ1) is 9.00. The zero-order chi connectivity index (χ0) is 15.6. The summed E-state index contributed by atoms with van der Waals surface area (Å²) in [7, 11) is -3.56. The van der Waals surface area contributed by atoms with E-state index < -0.39 is 21.7 Å². The van der Waals surface area contributed by atoms with Crippen LogP contribution in [0.25, 0.3) is 0 Å². The van der Waals surface area contributed by atoms with Crippen LogP contribution in [-0.2, 0) is 10.0 Å². The quantitative estimate of drug-likeness (QED) is 0.575. The van der Waals surface area contributed by atoms with Gasteiger partial charge in [0.2, 0.25) is 10.0 Å². The van der Waals surface area contributed by atoms with Crippen molar-refractivity contribution in [2.75, 3.05) is 10.5 Å². The molecular formula is C13H20FN3O2S. The molecule has 1 aromatic rings. The Hall–Kier alpha value is -1.63. The lowest BCUT2D eigenvalue weighted by Gasteiger charge is -2.18. The van der Waals surface area contributed by atoms with E-state index in [4.69, 9.17) is 11.1 Å². The molecule has 0 saturated heterocycles. The SMILES string of the molecule is CC(C)(C)CCS(=O)(=O)Nc1ccc(F)cc1C(=N)N. The summed E-state index contributed by atoms with van der Waals surface area (Å²) in [4.78, 5) is 0. The molecule has 20 heavy (non-hydrogen) atoms. The summed E-state index contributed by atoms with van der Waals surface area (Å²) in [5.74, 6) is -1.02. The topological polar surface area (TPSA) is 96.0 Å². The van der Waals surface area contributed by atoms with Gasteiger partial charge in [-0.1, -0.05) is 20.8 Å². The Bertz CT molecular complexity index is 607. The number of benzene rings is 1. The van der Waals surface area contributed by atoms with Crippen LogP contribution in [0.4, 0.5) is 10.1 Å². The van der Waals surface area contributed by atoms with Crippen LogP contribution in [-0.4, -0.2) is 20.0 Å². The molecule has 112 valence electrons. The second-order valence-corrected chi connectivity index (χ2v) is 7.68. The third-order valence-corrected chi connectivity index (χ3v) is 3.93. The average Bonchev–Trinajstić information content (AvgIpc) is 2.28. The number of nitrogens with two attached hydrogens (primary N) is 1. The minimum Gasteiger partial charge on any atom is -0.384 e. The van der Waals surface area contributed by atoms with Crippen molar-refractivity contribution in [2.24, 2.45) is 11.1 Å². The maximum atomic E-state index is 13.1. The molecule has 1 aromatic carbocycles. The molecule has 1 rings (SSSR count). The van der Waals surface area contributed by atoms with Gasteiger partial charge in [0.15, 0.2) is 0 Å². The van der Waals surface area contributed by atoms with E-state index in [0.717, 1.165) is 12.1 Å². The molecule has 0 atom stereocenters. The number of rotatable bonds is 5. The van der Waals surface area contributed by atoms with Gasteiger partial charge in [-0.3, -0.25) is 10.1 Å². The predicted octanol–water partition coefficient (Wildman–Crippen LogP) is 2.29. The zero-order valence-electron chi connectivity index (χ0n) is 11.8. The average molecular weight is 301 g/mol. The van der Waals surface area contributed by atoms with E-state index >= 15 is 0 Å². The summed E-state index contributed by atoms with van der Waals surface area (Å²) in [6.45, 7) is 5.84. The fourth-order valence-corrected chi connectivity index (χ4v) is 2.98. The van der Waals surface area contributed by atoms with Gasteiger partial charge < -0.3 is 5.73 Å². The van der Waals surface area contributed by atoms with Crippen LogP contribution >= 0.6 is 0 Å². The highest BCUT2D eigenvalue weighted by Crippen LogP contribution is 2.22. The smallest absolute Gasteiger partial charge is 0.232 e. The van der Waals surface area contributed by atoms with Gasteiger partial charge in [0.05, 0.1) is 11.4 Å². The minimum absolute atomic E-state index is 0.0318. The molecule has 0 amide bonds. The molecule has 4 N–H and O–H groups in total. The Labute approximate surface area is 118 Å². The van der Waals surface area contributed by atoms with Crippen LogP contribution in [0.1, 0.15) is 32.8 Å². The lowest BCUT2D eigenvalue weighted by Crippen LogP contribution is -2.23. The van der Waals surface area contributed by atoms with Gasteiger partial charge in [-0.05, 0) is 30.0 Å². The number of anilines is 1. The van der Waals surface area contributed by atoms with Gasteiger partial charge in [0.25, 0.3) is 0 Å². The van der Waals surface area contributed by atoms with E-state index in [9.17, 15) is 12.8 Å². The first-order valence-electron chi connectivity index (χ1n) is 6.15. The molecule has 0 heterocycles. The molecule has 0 radical (unpaired) electrons. The number of halogens is 1. The highest BCUT2D eigenvalue weighted by molar-refractivity contribution is 7.92. The Balaban J connectivity index is 2.95. The largest absolute Gasteiger partial charge is 0.384 e. The van der Waals surface area contributed by atoms with E-state index in [1.54, 1.807) is 0 Å². The highest BCUT2D eigenvalue weighted by atomic mass is 32.2. The van der Waals surface area contributed by atoms with Gasteiger partial charge in [0.1, 0.15) is 11.7 Å². The number of nitrogen functional groups attached to an aromatic ring is 1. The third kappa shape index (κ3) is 5.16. The summed E-state index contributed by atoms with van der Waals surface area (Å²) in [6.07, 6.45) is 0.485. The van der Waals surface area contributed by atoms with Gasteiger partial charge in [-0.25, -0.2) is 12.8 Å². The standard InChI is InChI=1S/C13H20FN3O2S/c1-13(2,3)6-7-20(18,19)17-11-5-4-9(14)8-10(11)12(15)16/h4-5,8,17H,6-7H2,1-3H3,(H3,15,16). The van der Waals surface area contributed by atoms with Gasteiger partial charge in [0, 0.05) is 5.56 Å². The molecule has 0 aliphatic rings. The Morgan fingerprint density at radius 3 is 2.50 bits per heavy atom. The maximum absolute atomic E-state index is 13.1. The van der Waals surface area contributed by atoms with E-state index in [1.807, 2.05) is 20.8 Å². The molecule has 0 unspecified atom stereocenters. The lowest BCUT2D eigenvalue weighted by atomic mass is 9.94. The molecule has 7 heteroatoms. The van der Waals surface area contributed by atoms with Gasteiger partial charge in [-0.2, -0.15) is 0 Å². The normalized spacial score (nSPS) is 12.2. The maximum Gasteiger partial charge on any atom is 0.232 e. The van der Waals surface area contributed by atoms with E-state index in [0.29, 0.717) is 6.42 Å². The van der Waals surface area contributed by atoms with Crippen molar-refractivity contribution in [3.8, 4) is 0 Å². The van der Waals surface area contributed by atoms with Crippen LogP contribution in [0.3, 0.4) is 0 Å². The fraction of sp³-hybridized carbons (Fsp3) is 0.462. The second-order valence-electron chi connectivity index (χ2n) is 5.84. The molecule has 0 aliphatic heterocycles. The van der Waals surface area contributed by atoms with Crippen molar-refractivity contribution in [2.45, 2.75) is 27.2 Å². The van der Waals surface area contributed by atoms with E-state index in [2.05, 4.69) is 4.72 Å². The van der Waals surface area contributed by atoms with E-state index in [-0.39, 0.29) is 22.4 Å². The summed E-state index contributed by atoms with van der Waals surface area (Å²) in [5.41, 5.74) is 5.37. The van der Waals surface area contributed by atoms with Gasteiger partial charge in [-0.15, -0.1) is 0 Å². The monoisotopic (exact) mass is 301 g/mol. The molecule has 0 aliphatic carbocycles. The molecule has 0 fully saturated rings. The van der Waals surface area contributed by atoms with Crippen molar-refractivity contribution in [3.05, 3.63) is 29.6 Å². The molecule has 5 nitrogen and oxygen atoms in total. The van der Waals surface area contributed by atoms with E-state index in [1.165, 1.54) is 6.07 Å². The zero-order valence-corrected chi connectivity index (χ0v) is 12.6. The van der Waals surface area contributed by atoms with Crippen molar-refractivity contribution >= 4 is 21.5 Å². The highest BCUT2D eigenvalue weighted by Gasteiger charge is 2.19. The number of hydrogen-bond acceptors (Lipinski definition) is 3. The molecule has 0 bridgehead atoms. The predicted molar refractivity (Wildman–Crippen MR) is 78.9 cm³/mol. The summed E-state index contributed by atoms with van der Waals surface area (Å²) < 4.78 is 39.4. The van der Waals surface area contributed by atoms with Crippen LogP contribution in [0, 0.1) is 16.6 Å². The van der Waals surface area contributed by atoms with Crippen molar-refractivity contribution in [1.82, 2.24) is 0 Å². The molecular weight excluding hydrogens is 281 g/mol. The van der Waals surface area contributed by atoms with Crippen molar-refractivity contribution in [1.29, 1.82) is 5.41 Å². The minimum atomic E-state index is -3.56. The Morgan fingerprint density at radius 2 is 2.00 bits per heavy atom. The van der Waals surface area contributed by atoms with Crippen LogP contribution in [0.15, 0.2) is 18.2 Å². The Kier molecular flexibility index (Phi) is 4.75. The first-order valence-corrected chi connectivity index (χ1v) is 7.80. The van der Waals surface area contributed by atoms with Crippen molar-refractivity contribution in [3.63, 3.8) is 0 Å². The summed E-state index contributed by atoms with van der Waals surface area (Å²) >= 11 is 0. The summed E-state index contributed by atoms with van der Waals surface area (Å²) in [5, 5.41) is 7.36. The molecule has 0 spiro atoms. The number of hydrogen-bond donors (Lipinski definition) is 3. The number of nitrogens with one attached hydrogen (secondary N) is 2. The summed E-state index contributed by atoms with van der Waals surface area (Å²) in [6, 6.07) is 3.42. The first kappa shape index (κ1) is 16.4. The third-order valence-electron chi connectivity index (χ3n) is 2.66. The van der Waals surface area contributed by atoms with Crippen LogP contribution < -0.4 is 10.5 Å². The number of sulfonamides is 1. The van der Waals surface area contributed by atoms with Crippen LogP contribution in [0.5, 0.6) is 0 Å². The lowest BCUT2D eigenvalue weighted by molar-refractivity contribution is 0.397.